The summed E-state index contributed by atoms with van der Waals surface area (Å²) in [5.74, 6) is 0.557. The first-order chi connectivity index (χ1) is 15.8. The number of ether oxygens (including phenoxy) is 1. The van der Waals surface area contributed by atoms with E-state index < -0.39 is 0 Å². The van der Waals surface area contributed by atoms with Crippen molar-refractivity contribution in [2.75, 3.05) is 12.4 Å². The summed E-state index contributed by atoms with van der Waals surface area (Å²) in [4.78, 5) is 13.4. The highest BCUT2D eigenvalue weighted by atomic mass is 16.5. The normalized spacial score (nSPS) is 11.3. The van der Waals surface area contributed by atoms with Crippen LogP contribution in [0.2, 0.25) is 0 Å². The Balaban J connectivity index is 1.66. The Morgan fingerprint density at radius 2 is 1.61 bits per heavy atom. The number of amides is 1. The van der Waals surface area contributed by atoms with Crippen molar-refractivity contribution >= 4 is 11.6 Å². The second-order valence-electron chi connectivity index (χ2n) is 9.04. The van der Waals surface area contributed by atoms with Gasteiger partial charge in [-0.1, -0.05) is 81.4 Å². The van der Waals surface area contributed by atoms with Gasteiger partial charge in [0, 0.05) is 16.7 Å². The van der Waals surface area contributed by atoms with Crippen molar-refractivity contribution in [1.82, 2.24) is 9.78 Å². The predicted octanol–water partition coefficient (Wildman–Crippen LogP) is 6.16. The lowest BCUT2D eigenvalue weighted by Gasteiger charge is -2.14. The van der Waals surface area contributed by atoms with Gasteiger partial charge in [0.1, 0.15) is 11.4 Å². The molecule has 0 spiro atoms. The molecule has 3 aromatic carbocycles. The van der Waals surface area contributed by atoms with Crippen LogP contribution in [0.15, 0.2) is 84.9 Å². The van der Waals surface area contributed by atoms with Crippen molar-refractivity contribution in [3.05, 3.63) is 102 Å². The number of anilines is 1. The fourth-order valence-corrected chi connectivity index (χ4v) is 3.67. The summed E-state index contributed by atoms with van der Waals surface area (Å²) in [6, 6.07) is 27.6. The first-order valence-corrected chi connectivity index (χ1v) is 11.0. The van der Waals surface area contributed by atoms with Gasteiger partial charge in [0.2, 0.25) is 0 Å². The van der Waals surface area contributed by atoms with Gasteiger partial charge in [0.25, 0.3) is 5.91 Å². The molecule has 0 bridgehead atoms. The molecule has 33 heavy (non-hydrogen) atoms. The van der Waals surface area contributed by atoms with Gasteiger partial charge in [-0.2, -0.15) is 5.10 Å². The van der Waals surface area contributed by atoms with Crippen molar-refractivity contribution in [1.29, 1.82) is 0 Å². The Bertz CT molecular complexity index is 1240. The van der Waals surface area contributed by atoms with Crippen molar-refractivity contribution in [2.24, 2.45) is 0 Å². The first kappa shape index (κ1) is 22.3. The zero-order valence-electron chi connectivity index (χ0n) is 19.5. The quantitative estimate of drug-likeness (QED) is 0.392. The number of nitrogens with one attached hydrogen (secondary N) is 1. The smallest absolute Gasteiger partial charge is 0.273 e. The first-order valence-electron chi connectivity index (χ1n) is 11.0. The van der Waals surface area contributed by atoms with E-state index in [0.717, 1.165) is 28.1 Å². The maximum atomic E-state index is 13.4. The molecule has 168 valence electrons. The fraction of sp³-hybridized carbons (Fsp3) is 0.214. The van der Waals surface area contributed by atoms with Gasteiger partial charge >= 0.3 is 0 Å². The summed E-state index contributed by atoms with van der Waals surface area (Å²) in [7, 11) is 1.65. The number of carbonyl (C=O) groups excluding carboxylic acids is 1. The number of benzene rings is 3. The Kier molecular flexibility index (Phi) is 6.31. The Morgan fingerprint density at radius 3 is 2.24 bits per heavy atom. The van der Waals surface area contributed by atoms with Crippen LogP contribution in [0.3, 0.4) is 0 Å². The summed E-state index contributed by atoms with van der Waals surface area (Å²) >= 11 is 0. The van der Waals surface area contributed by atoms with E-state index in [4.69, 9.17) is 9.84 Å². The Morgan fingerprint density at radius 1 is 0.939 bits per heavy atom. The van der Waals surface area contributed by atoms with E-state index in [2.05, 4.69) is 26.1 Å². The van der Waals surface area contributed by atoms with Crippen LogP contribution in [0.25, 0.3) is 11.1 Å². The average Bonchev–Trinajstić information content (AvgIpc) is 3.25. The molecule has 0 aliphatic heterocycles. The van der Waals surface area contributed by atoms with Crippen molar-refractivity contribution in [2.45, 2.75) is 32.7 Å². The molecule has 0 aliphatic carbocycles. The van der Waals surface area contributed by atoms with Crippen LogP contribution in [0, 0.1) is 0 Å². The van der Waals surface area contributed by atoms with E-state index in [1.807, 2.05) is 84.9 Å². The van der Waals surface area contributed by atoms with E-state index in [0.29, 0.717) is 17.9 Å². The number of carbonyl (C=O) groups is 1. The topological polar surface area (TPSA) is 56.1 Å². The van der Waals surface area contributed by atoms with E-state index in [1.165, 1.54) is 0 Å². The summed E-state index contributed by atoms with van der Waals surface area (Å²) in [6.45, 7) is 6.82. The minimum Gasteiger partial charge on any atom is -0.496 e. The van der Waals surface area contributed by atoms with Crippen LogP contribution < -0.4 is 10.1 Å². The van der Waals surface area contributed by atoms with Gasteiger partial charge < -0.3 is 10.1 Å². The highest BCUT2D eigenvalue weighted by Crippen LogP contribution is 2.32. The maximum Gasteiger partial charge on any atom is 0.273 e. The number of methoxy groups -OCH3 is 1. The van der Waals surface area contributed by atoms with Gasteiger partial charge in [-0.15, -0.1) is 0 Å². The second kappa shape index (κ2) is 9.33. The van der Waals surface area contributed by atoms with Crippen LogP contribution in [-0.4, -0.2) is 22.8 Å². The summed E-state index contributed by atoms with van der Waals surface area (Å²) in [5, 5.41) is 7.82. The molecule has 0 aliphatic rings. The van der Waals surface area contributed by atoms with E-state index in [-0.39, 0.29) is 11.3 Å². The molecule has 0 atom stereocenters. The number of hydrogen-bond acceptors (Lipinski definition) is 3. The summed E-state index contributed by atoms with van der Waals surface area (Å²) in [5.41, 5.74) is 4.97. The zero-order valence-corrected chi connectivity index (χ0v) is 19.5. The predicted molar refractivity (Wildman–Crippen MR) is 133 cm³/mol. The van der Waals surface area contributed by atoms with E-state index in [9.17, 15) is 4.79 Å². The lowest BCUT2D eigenvalue weighted by molar-refractivity contribution is 0.101. The standard InChI is InChI=1S/C28H29N3O2/c1-28(2,3)26-18-24(31(30-26)19-20-11-7-5-8-12-20)27(32)29-22-15-16-25(33-4)23(17-22)21-13-9-6-10-14-21/h5-18H,19H2,1-4H3,(H,29,32). The average molecular weight is 440 g/mol. The van der Waals surface area contributed by atoms with Gasteiger partial charge in [0.05, 0.1) is 19.3 Å². The van der Waals surface area contributed by atoms with Crippen LogP contribution in [0.5, 0.6) is 5.75 Å². The summed E-state index contributed by atoms with van der Waals surface area (Å²) in [6.07, 6.45) is 0. The molecule has 4 aromatic rings. The molecule has 0 radical (unpaired) electrons. The molecule has 0 saturated heterocycles. The lowest BCUT2D eigenvalue weighted by Crippen LogP contribution is -2.18. The van der Waals surface area contributed by atoms with Crippen LogP contribution in [0.1, 0.15) is 42.5 Å². The van der Waals surface area contributed by atoms with Gasteiger partial charge in [-0.05, 0) is 35.4 Å². The minimum atomic E-state index is -0.196. The third-order valence-corrected chi connectivity index (χ3v) is 5.50. The van der Waals surface area contributed by atoms with Crippen LogP contribution in [-0.2, 0) is 12.0 Å². The SMILES string of the molecule is COc1ccc(NC(=O)c2cc(C(C)(C)C)nn2Cc2ccccc2)cc1-c1ccccc1. The third-order valence-electron chi connectivity index (χ3n) is 5.50. The monoisotopic (exact) mass is 439 g/mol. The third kappa shape index (κ3) is 5.14. The molecule has 0 saturated carbocycles. The second-order valence-corrected chi connectivity index (χ2v) is 9.04. The highest BCUT2D eigenvalue weighted by molar-refractivity contribution is 6.03. The number of hydrogen-bond donors (Lipinski definition) is 1. The molecule has 1 heterocycles. The molecule has 1 aromatic heterocycles. The molecular weight excluding hydrogens is 410 g/mol. The molecule has 5 heteroatoms. The van der Waals surface area contributed by atoms with E-state index >= 15 is 0 Å². The number of rotatable bonds is 6. The molecule has 4 rings (SSSR count). The van der Waals surface area contributed by atoms with E-state index in [1.54, 1.807) is 11.8 Å². The maximum absolute atomic E-state index is 13.4. The van der Waals surface area contributed by atoms with Crippen molar-refractivity contribution < 1.29 is 9.53 Å². The van der Waals surface area contributed by atoms with Gasteiger partial charge in [-0.25, -0.2) is 0 Å². The van der Waals surface area contributed by atoms with Crippen LogP contribution in [0.4, 0.5) is 5.69 Å². The molecule has 1 N–H and O–H groups in total. The zero-order chi connectivity index (χ0) is 23.4. The lowest BCUT2D eigenvalue weighted by atomic mass is 9.92. The molecule has 0 fully saturated rings. The fourth-order valence-electron chi connectivity index (χ4n) is 3.67. The molecule has 1 amide bonds. The van der Waals surface area contributed by atoms with Crippen molar-refractivity contribution in [3.63, 3.8) is 0 Å². The van der Waals surface area contributed by atoms with Crippen molar-refractivity contribution in [3.8, 4) is 16.9 Å². The molecule has 5 nitrogen and oxygen atoms in total. The van der Waals surface area contributed by atoms with Gasteiger partial charge in [-0.3, -0.25) is 9.48 Å². The number of aromatic nitrogens is 2. The Hall–Kier alpha value is -3.86. The Labute approximate surface area is 195 Å². The van der Waals surface area contributed by atoms with Crippen LogP contribution >= 0.6 is 0 Å². The van der Waals surface area contributed by atoms with Gasteiger partial charge in [0.15, 0.2) is 0 Å². The number of nitrogens with zero attached hydrogens (tertiary/aromatic N) is 2. The molecular formula is C28H29N3O2. The largest absolute Gasteiger partial charge is 0.496 e. The highest BCUT2D eigenvalue weighted by Gasteiger charge is 2.23. The minimum absolute atomic E-state index is 0.169. The molecule has 0 unspecified atom stereocenters. The summed E-state index contributed by atoms with van der Waals surface area (Å²) < 4.78 is 7.33.